The molecule has 0 radical (unpaired) electrons. The number of benzene rings is 2. The van der Waals surface area contributed by atoms with Gasteiger partial charge in [0.05, 0.1) is 19.1 Å². The predicted octanol–water partition coefficient (Wildman–Crippen LogP) is 3.02. The predicted molar refractivity (Wildman–Crippen MR) is 96.8 cm³/mol. The van der Waals surface area contributed by atoms with Crippen LogP contribution in [0.1, 0.15) is 24.0 Å². The number of hydrogen-bond acceptors (Lipinski definition) is 4. The quantitative estimate of drug-likeness (QED) is 0.823. The molecule has 0 spiro atoms. The van der Waals surface area contributed by atoms with Crippen LogP contribution >= 0.6 is 0 Å². The van der Waals surface area contributed by atoms with Gasteiger partial charge in [-0.3, -0.25) is 0 Å². The zero-order valence-corrected chi connectivity index (χ0v) is 15.5. The Balaban J connectivity index is 1.79. The Morgan fingerprint density at radius 1 is 1.04 bits per heavy atom. The maximum atomic E-state index is 12.6. The van der Waals surface area contributed by atoms with Crippen LogP contribution in [0.2, 0.25) is 0 Å². The summed E-state index contributed by atoms with van der Waals surface area (Å²) >= 11 is 0. The van der Waals surface area contributed by atoms with E-state index < -0.39 is 10.0 Å². The summed E-state index contributed by atoms with van der Waals surface area (Å²) in [6.45, 7) is 2.25. The summed E-state index contributed by atoms with van der Waals surface area (Å²) in [5, 5.41) is 0. The van der Waals surface area contributed by atoms with Crippen molar-refractivity contribution in [2.45, 2.75) is 30.1 Å². The van der Waals surface area contributed by atoms with E-state index in [4.69, 9.17) is 9.47 Å². The van der Waals surface area contributed by atoms with Crippen LogP contribution in [-0.2, 0) is 15.4 Å². The fourth-order valence-electron chi connectivity index (χ4n) is 2.98. The highest BCUT2D eigenvalue weighted by atomic mass is 32.2. The summed E-state index contributed by atoms with van der Waals surface area (Å²) in [6, 6.07) is 12.7. The summed E-state index contributed by atoms with van der Waals surface area (Å²) in [6.07, 6.45) is 1.89. The van der Waals surface area contributed by atoms with E-state index in [2.05, 4.69) is 4.72 Å². The van der Waals surface area contributed by atoms with E-state index >= 15 is 0 Å². The number of ether oxygens (including phenoxy) is 2. The maximum absolute atomic E-state index is 12.6. The fraction of sp³-hybridized carbons (Fsp3) is 0.368. The van der Waals surface area contributed by atoms with Crippen LogP contribution < -0.4 is 14.2 Å². The van der Waals surface area contributed by atoms with Crippen LogP contribution in [0.5, 0.6) is 11.5 Å². The first-order valence-electron chi connectivity index (χ1n) is 8.19. The van der Waals surface area contributed by atoms with Gasteiger partial charge < -0.3 is 9.47 Å². The van der Waals surface area contributed by atoms with E-state index in [1.54, 1.807) is 32.4 Å². The second kappa shape index (κ2) is 6.69. The van der Waals surface area contributed by atoms with E-state index in [0.717, 1.165) is 24.0 Å². The molecule has 2 aromatic carbocycles. The standard InChI is InChI=1S/C19H23NO4S/c1-14-5-4-6-16(11-14)25(21,22)20-13-19(9-10-19)15-7-8-17(23-2)18(12-15)24-3/h4-8,11-12,20H,9-10,13H2,1-3H3. The SMILES string of the molecule is COc1ccc(C2(CNS(=O)(=O)c3cccc(C)c3)CC2)cc1OC. The van der Waals surface area contributed by atoms with Gasteiger partial charge in [0.1, 0.15) is 0 Å². The lowest BCUT2D eigenvalue weighted by Gasteiger charge is -2.18. The molecule has 0 bridgehead atoms. The average Bonchev–Trinajstić information content (AvgIpc) is 3.41. The minimum absolute atomic E-state index is 0.170. The smallest absolute Gasteiger partial charge is 0.240 e. The minimum atomic E-state index is -3.52. The van der Waals surface area contributed by atoms with E-state index in [0.29, 0.717) is 22.9 Å². The van der Waals surface area contributed by atoms with Gasteiger partial charge in [-0.2, -0.15) is 0 Å². The van der Waals surface area contributed by atoms with E-state index in [1.165, 1.54) is 0 Å². The third-order valence-corrected chi connectivity index (χ3v) is 6.15. The molecule has 1 aliphatic carbocycles. The van der Waals surface area contributed by atoms with Gasteiger partial charge >= 0.3 is 0 Å². The summed E-state index contributed by atoms with van der Waals surface area (Å²) in [5.74, 6) is 1.33. The number of rotatable bonds is 7. The van der Waals surface area contributed by atoms with Gasteiger partial charge in [-0.05, 0) is 55.2 Å². The molecule has 6 heteroatoms. The monoisotopic (exact) mass is 361 g/mol. The lowest BCUT2D eigenvalue weighted by Crippen LogP contribution is -2.32. The molecule has 1 saturated carbocycles. The first-order chi connectivity index (χ1) is 11.9. The highest BCUT2D eigenvalue weighted by molar-refractivity contribution is 7.89. The van der Waals surface area contributed by atoms with Crippen LogP contribution in [0.25, 0.3) is 0 Å². The molecule has 0 heterocycles. The molecule has 5 nitrogen and oxygen atoms in total. The summed E-state index contributed by atoms with van der Waals surface area (Å²) in [5.41, 5.74) is 1.82. The molecule has 1 aliphatic rings. The molecule has 1 N–H and O–H groups in total. The maximum Gasteiger partial charge on any atom is 0.240 e. The van der Waals surface area contributed by atoms with Crippen LogP contribution in [0.3, 0.4) is 0 Å². The summed E-state index contributed by atoms with van der Waals surface area (Å²) < 4.78 is 38.5. The Bertz CT molecular complexity index is 873. The van der Waals surface area contributed by atoms with Crippen molar-refractivity contribution in [2.24, 2.45) is 0 Å². The second-order valence-electron chi connectivity index (χ2n) is 6.49. The molecular weight excluding hydrogens is 338 g/mol. The van der Waals surface area contributed by atoms with Crippen molar-refractivity contribution in [3.8, 4) is 11.5 Å². The van der Waals surface area contributed by atoms with E-state index in [9.17, 15) is 8.42 Å². The van der Waals surface area contributed by atoms with E-state index in [1.807, 2.05) is 31.2 Å². The number of nitrogens with one attached hydrogen (secondary N) is 1. The first-order valence-corrected chi connectivity index (χ1v) is 9.67. The van der Waals surface area contributed by atoms with Crippen molar-refractivity contribution in [1.29, 1.82) is 0 Å². The largest absolute Gasteiger partial charge is 0.493 e. The Hall–Kier alpha value is -2.05. The van der Waals surface area contributed by atoms with Gasteiger partial charge in [-0.1, -0.05) is 18.2 Å². The second-order valence-corrected chi connectivity index (χ2v) is 8.26. The molecule has 25 heavy (non-hydrogen) atoms. The van der Waals surface area contributed by atoms with Crippen LogP contribution in [-0.4, -0.2) is 29.2 Å². The fourth-order valence-corrected chi connectivity index (χ4v) is 4.22. The van der Waals surface area contributed by atoms with Crippen molar-refractivity contribution in [3.63, 3.8) is 0 Å². The highest BCUT2D eigenvalue weighted by Gasteiger charge is 2.45. The van der Waals surface area contributed by atoms with Gasteiger partial charge in [0.15, 0.2) is 11.5 Å². The molecule has 0 aliphatic heterocycles. The van der Waals surface area contributed by atoms with Gasteiger partial charge in [0.25, 0.3) is 0 Å². The third kappa shape index (κ3) is 3.65. The lowest BCUT2D eigenvalue weighted by molar-refractivity contribution is 0.354. The number of sulfonamides is 1. The molecule has 0 aromatic heterocycles. The number of aryl methyl sites for hydroxylation is 1. The van der Waals surface area contributed by atoms with Crippen molar-refractivity contribution >= 4 is 10.0 Å². The molecule has 0 saturated heterocycles. The minimum Gasteiger partial charge on any atom is -0.493 e. The molecule has 0 unspecified atom stereocenters. The van der Waals surface area contributed by atoms with Crippen molar-refractivity contribution in [1.82, 2.24) is 4.72 Å². The lowest BCUT2D eigenvalue weighted by atomic mass is 9.96. The van der Waals surface area contributed by atoms with Crippen molar-refractivity contribution in [3.05, 3.63) is 53.6 Å². The van der Waals surface area contributed by atoms with Crippen molar-refractivity contribution < 1.29 is 17.9 Å². The Morgan fingerprint density at radius 3 is 2.36 bits per heavy atom. The van der Waals surface area contributed by atoms with Gasteiger partial charge in [0, 0.05) is 12.0 Å². The van der Waals surface area contributed by atoms with Gasteiger partial charge in [-0.25, -0.2) is 13.1 Å². The Morgan fingerprint density at radius 2 is 1.76 bits per heavy atom. The third-order valence-electron chi connectivity index (χ3n) is 4.75. The molecule has 0 amide bonds. The molecule has 0 atom stereocenters. The average molecular weight is 361 g/mol. The molecular formula is C19H23NO4S. The highest BCUT2D eigenvalue weighted by Crippen LogP contribution is 2.49. The normalized spacial score (nSPS) is 15.6. The van der Waals surface area contributed by atoms with Gasteiger partial charge in [-0.15, -0.1) is 0 Å². The molecule has 3 rings (SSSR count). The zero-order valence-electron chi connectivity index (χ0n) is 14.7. The molecule has 134 valence electrons. The van der Waals surface area contributed by atoms with Crippen LogP contribution in [0.15, 0.2) is 47.4 Å². The summed E-state index contributed by atoms with van der Waals surface area (Å²) in [4.78, 5) is 0.301. The topological polar surface area (TPSA) is 64.6 Å². The van der Waals surface area contributed by atoms with Gasteiger partial charge in [0.2, 0.25) is 10.0 Å². The molecule has 2 aromatic rings. The first kappa shape index (κ1) is 17.8. The zero-order chi connectivity index (χ0) is 18.1. The number of hydrogen-bond donors (Lipinski definition) is 1. The summed E-state index contributed by atoms with van der Waals surface area (Å²) in [7, 11) is -0.322. The molecule has 1 fully saturated rings. The van der Waals surface area contributed by atoms with Crippen molar-refractivity contribution in [2.75, 3.05) is 20.8 Å². The number of methoxy groups -OCH3 is 2. The Kier molecular flexibility index (Phi) is 4.75. The van der Waals surface area contributed by atoms with Crippen LogP contribution in [0.4, 0.5) is 0 Å². The van der Waals surface area contributed by atoms with Crippen LogP contribution in [0, 0.1) is 6.92 Å². The van der Waals surface area contributed by atoms with E-state index in [-0.39, 0.29) is 5.41 Å². The Labute approximate surface area is 149 Å².